The molecule has 0 saturated carbocycles. The summed E-state index contributed by atoms with van der Waals surface area (Å²) in [6.45, 7) is 2.41. The average Bonchev–Trinajstić information content (AvgIpc) is 2.52. The summed E-state index contributed by atoms with van der Waals surface area (Å²) >= 11 is 11.0. The van der Waals surface area contributed by atoms with Crippen LogP contribution in [0.25, 0.3) is 0 Å². The van der Waals surface area contributed by atoms with Crippen LogP contribution in [-0.2, 0) is 22.4 Å². The van der Waals surface area contributed by atoms with Crippen LogP contribution in [0.15, 0.2) is 0 Å². The van der Waals surface area contributed by atoms with Gasteiger partial charge in [0.1, 0.15) is 0 Å². The van der Waals surface area contributed by atoms with Gasteiger partial charge >= 0.3 is 12.1 Å². The van der Waals surface area contributed by atoms with E-state index >= 15 is 0 Å². The van der Waals surface area contributed by atoms with E-state index in [1.54, 1.807) is 13.8 Å². The van der Waals surface area contributed by atoms with Crippen molar-refractivity contribution in [3.05, 3.63) is 16.1 Å². The Bertz CT molecular complexity index is 457. The molecule has 1 rings (SSSR count). The molecule has 0 spiro atoms. The number of carbonyl (C=O) groups is 1. The molecule has 4 nitrogen and oxygen atoms in total. The second kappa shape index (κ2) is 5.36. The maximum Gasteiger partial charge on any atom is 0.449 e. The maximum atomic E-state index is 12.6. The summed E-state index contributed by atoms with van der Waals surface area (Å²) in [5, 5.41) is -0.926. The van der Waals surface area contributed by atoms with E-state index in [9.17, 15) is 18.0 Å². The lowest BCUT2D eigenvalue weighted by Crippen LogP contribution is -2.20. The molecule has 1 aromatic rings. The number of aromatic nitrogens is 2. The van der Waals surface area contributed by atoms with Gasteiger partial charge in [-0.05, 0) is 0 Å². The van der Waals surface area contributed by atoms with Gasteiger partial charge < -0.3 is 4.74 Å². The highest BCUT2D eigenvalue weighted by Gasteiger charge is 2.39. The van der Waals surface area contributed by atoms with Crippen molar-refractivity contribution in [2.24, 2.45) is 5.92 Å². The van der Waals surface area contributed by atoms with E-state index < -0.39 is 40.9 Å². The second-order valence-electron chi connectivity index (χ2n) is 3.69. The summed E-state index contributed by atoms with van der Waals surface area (Å²) in [6, 6.07) is 0. The molecule has 0 aliphatic rings. The van der Waals surface area contributed by atoms with Crippen LogP contribution < -0.4 is 0 Å². The number of imidazole rings is 1. The molecule has 0 N–H and O–H groups in total. The molecule has 0 aromatic carbocycles. The van der Waals surface area contributed by atoms with Gasteiger partial charge in [-0.15, -0.1) is 0 Å². The van der Waals surface area contributed by atoms with Crippen molar-refractivity contribution >= 4 is 29.2 Å². The van der Waals surface area contributed by atoms with Crippen molar-refractivity contribution < 1.29 is 22.7 Å². The predicted octanol–water partition coefficient (Wildman–Crippen LogP) is 3.37. The lowest BCUT2D eigenvalue weighted by molar-refractivity contribution is -0.158. The molecule has 0 amide bonds. The monoisotopic (exact) mass is 304 g/mol. The van der Waals surface area contributed by atoms with E-state index in [4.69, 9.17) is 23.2 Å². The molecule has 102 valence electrons. The predicted molar refractivity (Wildman–Crippen MR) is 58.2 cm³/mol. The van der Waals surface area contributed by atoms with Crippen LogP contribution in [-0.4, -0.2) is 15.5 Å². The molecule has 0 unspecified atom stereocenters. The third-order valence-corrected chi connectivity index (χ3v) is 2.67. The number of halogens is 5. The molecule has 0 atom stereocenters. The van der Waals surface area contributed by atoms with Crippen molar-refractivity contribution in [2.75, 3.05) is 0 Å². The first-order chi connectivity index (χ1) is 8.14. The van der Waals surface area contributed by atoms with Crippen LogP contribution in [0.5, 0.6) is 0 Å². The van der Waals surface area contributed by atoms with E-state index in [2.05, 4.69) is 9.72 Å². The summed E-state index contributed by atoms with van der Waals surface area (Å²) in [6.07, 6.45) is -4.74. The Hall–Kier alpha value is -0.950. The van der Waals surface area contributed by atoms with E-state index in [0.717, 1.165) is 0 Å². The number of nitrogens with zero attached hydrogens (tertiary/aromatic N) is 2. The smallest absolute Gasteiger partial charge is 0.444 e. The number of hydrogen-bond donors (Lipinski definition) is 0. The molecule has 0 aliphatic carbocycles. The van der Waals surface area contributed by atoms with Crippen molar-refractivity contribution in [1.82, 2.24) is 9.55 Å². The number of esters is 1. The zero-order valence-corrected chi connectivity index (χ0v) is 10.9. The quantitative estimate of drug-likeness (QED) is 0.804. The Morgan fingerprint density at radius 2 is 2.00 bits per heavy atom. The molecule has 1 aromatic heterocycles. The Morgan fingerprint density at radius 1 is 1.44 bits per heavy atom. The first-order valence-electron chi connectivity index (χ1n) is 4.80. The molecule has 0 radical (unpaired) electrons. The van der Waals surface area contributed by atoms with Gasteiger partial charge in [-0.1, -0.05) is 37.0 Å². The third-order valence-electron chi connectivity index (χ3n) is 1.93. The molecule has 0 saturated heterocycles. The van der Waals surface area contributed by atoms with Gasteiger partial charge in [0, 0.05) is 0 Å². The summed E-state index contributed by atoms with van der Waals surface area (Å²) in [4.78, 5) is 14.3. The Balaban J connectivity index is 2.98. The Kier molecular flexibility index (Phi) is 4.50. The van der Waals surface area contributed by atoms with Crippen molar-refractivity contribution in [3.63, 3.8) is 0 Å². The highest BCUT2D eigenvalue weighted by atomic mass is 35.5. The zero-order valence-electron chi connectivity index (χ0n) is 9.39. The standard InChI is InChI=1S/C9H9Cl2F3N2O2/c1-4(2)7(17)18-3-16-6(11)5(10)15-8(16)9(12,13)14/h4H,3H2,1-2H3. The summed E-state index contributed by atoms with van der Waals surface area (Å²) in [7, 11) is 0. The fourth-order valence-electron chi connectivity index (χ4n) is 1.03. The first kappa shape index (κ1) is 15.1. The van der Waals surface area contributed by atoms with Crippen LogP contribution in [0.4, 0.5) is 13.2 Å². The minimum Gasteiger partial charge on any atom is -0.444 e. The summed E-state index contributed by atoms with van der Waals surface area (Å²) < 4.78 is 42.9. The Morgan fingerprint density at radius 3 is 2.44 bits per heavy atom. The van der Waals surface area contributed by atoms with Crippen LogP contribution in [0.1, 0.15) is 19.7 Å². The minimum atomic E-state index is -4.74. The van der Waals surface area contributed by atoms with Crippen molar-refractivity contribution in [1.29, 1.82) is 0 Å². The summed E-state index contributed by atoms with van der Waals surface area (Å²) in [5.41, 5.74) is 0. The minimum absolute atomic E-state index is 0.430. The molecule has 1 heterocycles. The number of alkyl halides is 3. The highest BCUT2D eigenvalue weighted by Crippen LogP contribution is 2.33. The molecule has 0 aliphatic heterocycles. The van der Waals surface area contributed by atoms with Gasteiger partial charge in [0.05, 0.1) is 5.92 Å². The summed E-state index contributed by atoms with van der Waals surface area (Å²) in [5.74, 6) is -2.42. The normalized spacial score (nSPS) is 12.0. The average molecular weight is 305 g/mol. The molecule has 0 bridgehead atoms. The number of hydrogen-bond acceptors (Lipinski definition) is 3. The molecule has 0 fully saturated rings. The van der Waals surface area contributed by atoms with Crippen molar-refractivity contribution in [3.8, 4) is 0 Å². The highest BCUT2D eigenvalue weighted by molar-refractivity contribution is 6.40. The maximum absolute atomic E-state index is 12.6. The fraction of sp³-hybridized carbons (Fsp3) is 0.556. The van der Waals surface area contributed by atoms with Gasteiger partial charge in [0.25, 0.3) is 0 Å². The Labute approximate surface area is 111 Å². The van der Waals surface area contributed by atoms with E-state index in [0.29, 0.717) is 4.57 Å². The van der Waals surface area contributed by atoms with Gasteiger partial charge in [0.2, 0.25) is 5.82 Å². The molecular weight excluding hydrogens is 296 g/mol. The van der Waals surface area contributed by atoms with E-state index in [1.807, 2.05) is 0 Å². The molecular formula is C9H9Cl2F3N2O2. The van der Waals surface area contributed by atoms with Gasteiger partial charge in [-0.2, -0.15) is 13.2 Å². The van der Waals surface area contributed by atoms with Gasteiger partial charge in [-0.25, -0.2) is 4.98 Å². The van der Waals surface area contributed by atoms with Crippen LogP contribution >= 0.6 is 23.2 Å². The van der Waals surface area contributed by atoms with Crippen LogP contribution in [0.3, 0.4) is 0 Å². The molecule has 9 heteroatoms. The first-order valence-corrected chi connectivity index (χ1v) is 5.55. The van der Waals surface area contributed by atoms with E-state index in [1.165, 1.54) is 0 Å². The van der Waals surface area contributed by atoms with Crippen LogP contribution in [0, 0.1) is 5.92 Å². The lowest BCUT2D eigenvalue weighted by atomic mass is 10.2. The fourth-order valence-corrected chi connectivity index (χ4v) is 1.39. The second-order valence-corrected chi connectivity index (χ2v) is 4.41. The van der Waals surface area contributed by atoms with Gasteiger partial charge in [0.15, 0.2) is 17.0 Å². The number of carbonyl (C=O) groups excluding carboxylic acids is 1. The number of rotatable bonds is 3. The SMILES string of the molecule is CC(C)C(=O)OCn1c(C(F)(F)F)nc(Cl)c1Cl. The largest absolute Gasteiger partial charge is 0.449 e. The van der Waals surface area contributed by atoms with E-state index in [-0.39, 0.29) is 0 Å². The van der Waals surface area contributed by atoms with Gasteiger partial charge in [-0.3, -0.25) is 9.36 Å². The number of ether oxygens (including phenoxy) is 1. The zero-order chi connectivity index (χ0) is 14.1. The lowest BCUT2D eigenvalue weighted by Gasteiger charge is -2.12. The third kappa shape index (κ3) is 3.29. The topological polar surface area (TPSA) is 44.1 Å². The molecule has 18 heavy (non-hydrogen) atoms. The van der Waals surface area contributed by atoms with Crippen LogP contribution in [0.2, 0.25) is 10.3 Å². The van der Waals surface area contributed by atoms with Crippen molar-refractivity contribution in [2.45, 2.75) is 26.8 Å².